The minimum atomic E-state index is 0.623. The number of nitrogen functional groups attached to an aromatic ring is 1. The molecule has 0 unspecified atom stereocenters. The quantitative estimate of drug-likeness (QED) is 0.830. The van der Waals surface area contributed by atoms with Crippen molar-refractivity contribution in [1.29, 1.82) is 0 Å². The molecule has 90 valence electrons. The standard InChI is InChI=1S/C13H16ClN3/c1-4-11-8(2)16-17(9(11)3)13-6-5-10(15)7-12(13)14/h5-7H,4,15H2,1-3H3. The number of aryl methyl sites for hydroxylation is 1. The molecule has 2 N–H and O–H groups in total. The van der Waals surface area contributed by atoms with Gasteiger partial charge in [0.1, 0.15) is 0 Å². The molecule has 0 aliphatic rings. The van der Waals surface area contributed by atoms with Crippen molar-refractivity contribution in [3.63, 3.8) is 0 Å². The molecule has 3 nitrogen and oxygen atoms in total. The van der Waals surface area contributed by atoms with Gasteiger partial charge < -0.3 is 5.73 Å². The third-order valence-corrected chi connectivity index (χ3v) is 3.30. The molecule has 2 aromatic rings. The summed E-state index contributed by atoms with van der Waals surface area (Å²) in [4.78, 5) is 0. The number of hydrogen-bond donors (Lipinski definition) is 1. The fourth-order valence-electron chi connectivity index (χ4n) is 2.12. The van der Waals surface area contributed by atoms with Gasteiger partial charge in [-0.05, 0) is 44.0 Å². The van der Waals surface area contributed by atoms with Crippen LogP contribution < -0.4 is 5.73 Å². The first-order valence-corrected chi connectivity index (χ1v) is 6.03. The molecular formula is C13H16ClN3. The van der Waals surface area contributed by atoms with Crippen LogP contribution in [0.2, 0.25) is 5.02 Å². The summed E-state index contributed by atoms with van der Waals surface area (Å²) < 4.78 is 1.88. The normalized spacial score (nSPS) is 10.8. The van der Waals surface area contributed by atoms with E-state index in [-0.39, 0.29) is 0 Å². The molecule has 2 rings (SSSR count). The SMILES string of the molecule is CCc1c(C)nn(-c2ccc(N)cc2Cl)c1C. The van der Waals surface area contributed by atoms with Crippen LogP contribution in [0.15, 0.2) is 18.2 Å². The number of nitrogens with zero attached hydrogens (tertiary/aromatic N) is 2. The zero-order valence-electron chi connectivity index (χ0n) is 10.3. The summed E-state index contributed by atoms with van der Waals surface area (Å²) in [5.41, 5.74) is 10.7. The van der Waals surface area contributed by atoms with Gasteiger partial charge in [-0.1, -0.05) is 18.5 Å². The molecule has 0 atom stereocenters. The fraction of sp³-hybridized carbons (Fsp3) is 0.308. The average Bonchev–Trinajstić information content (AvgIpc) is 2.54. The molecule has 0 aliphatic heterocycles. The maximum Gasteiger partial charge on any atom is 0.0836 e. The fourth-order valence-corrected chi connectivity index (χ4v) is 2.39. The molecule has 0 amide bonds. The van der Waals surface area contributed by atoms with Crippen molar-refractivity contribution >= 4 is 17.3 Å². The van der Waals surface area contributed by atoms with Crippen molar-refractivity contribution in [2.75, 3.05) is 5.73 Å². The number of halogens is 1. The zero-order valence-corrected chi connectivity index (χ0v) is 11.0. The van der Waals surface area contributed by atoms with Gasteiger partial charge in [0.2, 0.25) is 0 Å². The molecule has 1 aromatic heterocycles. The van der Waals surface area contributed by atoms with Crippen molar-refractivity contribution in [2.24, 2.45) is 0 Å². The van der Waals surface area contributed by atoms with E-state index in [4.69, 9.17) is 17.3 Å². The lowest BCUT2D eigenvalue weighted by Gasteiger charge is -2.07. The van der Waals surface area contributed by atoms with E-state index in [1.165, 1.54) is 5.56 Å². The monoisotopic (exact) mass is 249 g/mol. The van der Waals surface area contributed by atoms with E-state index in [2.05, 4.69) is 18.9 Å². The predicted molar refractivity (Wildman–Crippen MR) is 71.8 cm³/mol. The minimum absolute atomic E-state index is 0.623. The smallest absolute Gasteiger partial charge is 0.0836 e. The third-order valence-electron chi connectivity index (χ3n) is 2.99. The predicted octanol–water partition coefficient (Wildman–Crippen LogP) is 3.29. The maximum absolute atomic E-state index is 6.20. The highest BCUT2D eigenvalue weighted by Crippen LogP contribution is 2.26. The molecule has 1 heterocycles. The van der Waals surface area contributed by atoms with Gasteiger partial charge >= 0.3 is 0 Å². The van der Waals surface area contributed by atoms with Crippen molar-refractivity contribution in [3.8, 4) is 5.69 Å². The van der Waals surface area contributed by atoms with Crippen molar-refractivity contribution in [1.82, 2.24) is 9.78 Å². The lowest BCUT2D eigenvalue weighted by atomic mass is 10.1. The van der Waals surface area contributed by atoms with Crippen LogP contribution in [0.5, 0.6) is 0 Å². The summed E-state index contributed by atoms with van der Waals surface area (Å²) in [6, 6.07) is 5.48. The summed E-state index contributed by atoms with van der Waals surface area (Å²) in [6.07, 6.45) is 0.976. The zero-order chi connectivity index (χ0) is 12.6. The first kappa shape index (κ1) is 12.0. The van der Waals surface area contributed by atoms with Crippen LogP contribution in [-0.2, 0) is 6.42 Å². The van der Waals surface area contributed by atoms with Crippen LogP contribution in [0, 0.1) is 13.8 Å². The van der Waals surface area contributed by atoms with Crippen molar-refractivity contribution in [3.05, 3.63) is 40.2 Å². The Morgan fingerprint density at radius 1 is 1.35 bits per heavy atom. The van der Waals surface area contributed by atoms with Crippen LogP contribution in [0.25, 0.3) is 5.69 Å². The average molecular weight is 250 g/mol. The van der Waals surface area contributed by atoms with E-state index in [1.54, 1.807) is 6.07 Å². The van der Waals surface area contributed by atoms with Gasteiger partial charge in [-0.2, -0.15) is 5.10 Å². The van der Waals surface area contributed by atoms with Crippen LogP contribution in [0.4, 0.5) is 5.69 Å². The van der Waals surface area contributed by atoms with E-state index >= 15 is 0 Å². The Bertz CT molecular complexity index is 558. The highest BCUT2D eigenvalue weighted by Gasteiger charge is 2.13. The molecular weight excluding hydrogens is 234 g/mol. The molecule has 0 spiro atoms. The van der Waals surface area contributed by atoms with E-state index in [0.717, 1.165) is 23.5 Å². The summed E-state index contributed by atoms with van der Waals surface area (Å²) >= 11 is 6.20. The molecule has 0 aliphatic carbocycles. The van der Waals surface area contributed by atoms with Gasteiger partial charge in [-0.3, -0.25) is 0 Å². The topological polar surface area (TPSA) is 43.8 Å². The van der Waals surface area contributed by atoms with Gasteiger partial charge in [0, 0.05) is 11.4 Å². The summed E-state index contributed by atoms with van der Waals surface area (Å²) in [6.45, 7) is 6.21. The second kappa shape index (κ2) is 4.41. The van der Waals surface area contributed by atoms with Crippen LogP contribution in [-0.4, -0.2) is 9.78 Å². The summed E-state index contributed by atoms with van der Waals surface area (Å²) in [7, 11) is 0. The Balaban J connectivity index is 2.61. The Hall–Kier alpha value is -1.48. The molecule has 0 bridgehead atoms. The van der Waals surface area contributed by atoms with Crippen LogP contribution in [0.1, 0.15) is 23.9 Å². The Labute approximate surface area is 106 Å². The second-order valence-corrected chi connectivity index (χ2v) is 4.53. The molecule has 0 radical (unpaired) electrons. The molecule has 4 heteroatoms. The maximum atomic E-state index is 6.20. The van der Waals surface area contributed by atoms with Crippen LogP contribution in [0.3, 0.4) is 0 Å². The Kier molecular flexibility index (Phi) is 3.11. The summed E-state index contributed by atoms with van der Waals surface area (Å²) in [5, 5.41) is 5.16. The summed E-state index contributed by atoms with van der Waals surface area (Å²) in [5.74, 6) is 0. The van der Waals surface area contributed by atoms with Gasteiger partial charge in [0.25, 0.3) is 0 Å². The Morgan fingerprint density at radius 2 is 2.06 bits per heavy atom. The second-order valence-electron chi connectivity index (χ2n) is 4.13. The molecule has 17 heavy (non-hydrogen) atoms. The largest absolute Gasteiger partial charge is 0.399 e. The van der Waals surface area contributed by atoms with E-state index in [9.17, 15) is 0 Å². The Morgan fingerprint density at radius 3 is 2.59 bits per heavy atom. The van der Waals surface area contributed by atoms with Gasteiger partial charge in [0.15, 0.2) is 0 Å². The van der Waals surface area contributed by atoms with E-state index in [0.29, 0.717) is 10.7 Å². The highest BCUT2D eigenvalue weighted by atomic mass is 35.5. The molecule has 1 aromatic carbocycles. The lowest BCUT2D eigenvalue weighted by molar-refractivity contribution is 0.833. The highest BCUT2D eigenvalue weighted by molar-refractivity contribution is 6.32. The number of aromatic nitrogens is 2. The molecule has 0 saturated carbocycles. The molecule has 0 fully saturated rings. The number of nitrogens with two attached hydrogens (primary N) is 1. The first-order chi connectivity index (χ1) is 8.04. The van der Waals surface area contributed by atoms with Gasteiger partial charge in [0.05, 0.1) is 16.4 Å². The lowest BCUT2D eigenvalue weighted by Crippen LogP contribution is -2.01. The van der Waals surface area contributed by atoms with Gasteiger partial charge in [-0.25, -0.2) is 4.68 Å². The van der Waals surface area contributed by atoms with Gasteiger partial charge in [-0.15, -0.1) is 0 Å². The third kappa shape index (κ3) is 2.03. The number of benzene rings is 1. The minimum Gasteiger partial charge on any atom is -0.399 e. The molecule has 0 saturated heterocycles. The number of hydrogen-bond acceptors (Lipinski definition) is 2. The van der Waals surface area contributed by atoms with E-state index < -0.39 is 0 Å². The van der Waals surface area contributed by atoms with Crippen molar-refractivity contribution < 1.29 is 0 Å². The number of anilines is 1. The first-order valence-electron chi connectivity index (χ1n) is 5.65. The van der Waals surface area contributed by atoms with E-state index in [1.807, 2.05) is 23.7 Å². The van der Waals surface area contributed by atoms with Crippen LogP contribution >= 0.6 is 11.6 Å². The number of rotatable bonds is 2. The van der Waals surface area contributed by atoms with Crippen molar-refractivity contribution in [2.45, 2.75) is 27.2 Å².